The van der Waals surface area contributed by atoms with Crippen LogP contribution in [0.5, 0.6) is 0 Å². The van der Waals surface area contributed by atoms with E-state index in [1.54, 1.807) is 31.2 Å². The van der Waals surface area contributed by atoms with Crippen molar-refractivity contribution in [2.24, 2.45) is 21.2 Å². The molecule has 3 amide bonds. The van der Waals surface area contributed by atoms with Crippen LogP contribution in [0.25, 0.3) is 0 Å². The summed E-state index contributed by atoms with van der Waals surface area (Å²) in [6.07, 6.45) is 1.40. The number of nitrogens with one attached hydrogen (secondary N) is 1. The average Bonchev–Trinajstić information content (AvgIpc) is 3.03. The number of hydrogen-bond donors (Lipinski definition) is 1. The first kappa shape index (κ1) is 17.9. The first-order valence-electron chi connectivity index (χ1n) is 7.92. The Labute approximate surface area is 154 Å². The standard InChI is InChI=1S/C17H16ClN5O3/c1-9-15-14(17(26)23(2)16(9)25)12(20-22-15)7-13(24)21-19-8-10-3-5-11(18)6-4-10/h3-6,8-9,12H,7H2,1-2H3,(H,21,24)/b19-8+. The van der Waals surface area contributed by atoms with Gasteiger partial charge in [-0.15, -0.1) is 0 Å². The molecule has 9 heteroatoms. The fraction of sp³-hybridized carbons (Fsp3) is 0.294. The lowest BCUT2D eigenvalue weighted by Crippen LogP contribution is -2.44. The summed E-state index contributed by atoms with van der Waals surface area (Å²) in [5.41, 5.74) is 3.82. The summed E-state index contributed by atoms with van der Waals surface area (Å²) in [7, 11) is 1.41. The van der Waals surface area contributed by atoms with Crippen LogP contribution in [0.3, 0.4) is 0 Å². The maximum Gasteiger partial charge on any atom is 0.260 e. The highest BCUT2D eigenvalue weighted by molar-refractivity contribution is 6.30. The molecule has 2 atom stereocenters. The van der Waals surface area contributed by atoms with Gasteiger partial charge in [0, 0.05) is 12.1 Å². The molecule has 1 aromatic carbocycles. The fourth-order valence-corrected chi connectivity index (χ4v) is 2.89. The zero-order valence-corrected chi connectivity index (χ0v) is 14.9. The van der Waals surface area contributed by atoms with Gasteiger partial charge in [0.25, 0.3) is 5.91 Å². The Bertz CT molecular complexity index is 860. The molecule has 26 heavy (non-hydrogen) atoms. The molecule has 8 nitrogen and oxygen atoms in total. The minimum absolute atomic E-state index is 0.0826. The maximum absolute atomic E-state index is 12.3. The minimum Gasteiger partial charge on any atom is -0.281 e. The lowest BCUT2D eigenvalue weighted by Gasteiger charge is -2.26. The van der Waals surface area contributed by atoms with E-state index in [0.29, 0.717) is 16.3 Å². The molecular weight excluding hydrogens is 358 g/mol. The molecule has 1 aromatic rings. The monoisotopic (exact) mass is 373 g/mol. The number of halogens is 1. The second-order valence-corrected chi connectivity index (χ2v) is 6.44. The number of rotatable bonds is 4. The van der Waals surface area contributed by atoms with Gasteiger partial charge in [0.2, 0.25) is 11.8 Å². The largest absolute Gasteiger partial charge is 0.281 e. The Hall–Kier alpha value is -2.87. The summed E-state index contributed by atoms with van der Waals surface area (Å²) in [6.45, 7) is 1.67. The van der Waals surface area contributed by atoms with Crippen molar-refractivity contribution < 1.29 is 14.4 Å². The van der Waals surface area contributed by atoms with E-state index >= 15 is 0 Å². The summed E-state index contributed by atoms with van der Waals surface area (Å²) in [5, 5.41) is 12.4. The number of likely N-dealkylation sites (N-methyl/N-ethyl adjacent to an activating group) is 1. The Balaban J connectivity index is 1.64. The number of hydrogen-bond acceptors (Lipinski definition) is 6. The molecule has 3 rings (SSSR count). The molecule has 0 bridgehead atoms. The van der Waals surface area contributed by atoms with E-state index in [9.17, 15) is 14.4 Å². The van der Waals surface area contributed by atoms with Crippen LogP contribution < -0.4 is 5.43 Å². The zero-order valence-electron chi connectivity index (χ0n) is 14.1. The lowest BCUT2D eigenvalue weighted by atomic mass is 9.91. The van der Waals surface area contributed by atoms with Crippen molar-refractivity contribution in [3.8, 4) is 0 Å². The van der Waals surface area contributed by atoms with Gasteiger partial charge in [-0.05, 0) is 24.6 Å². The van der Waals surface area contributed by atoms with Crippen LogP contribution >= 0.6 is 11.6 Å². The predicted octanol–water partition coefficient (Wildman–Crippen LogP) is 1.90. The van der Waals surface area contributed by atoms with E-state index in [2.05, 4.69) is 20.8 Å². The van der Waals surface area contributed by atoms with Crippen LogP contribution in [0.1, 0.15) is 18.9 Å². The van der Waals surface area contributed by atoms with Crippen LogP contribution in [0.2, 0.25) is 5.02 Å². The van der Waals surface area contributed by atoms with Crippen LogP contribution in [-0.2, 0) is 14.4 Å². The van der Waals surface area contributed by atoms with Gasteiger partial charge >= 0.3 is 0 Å². The van der Waals surface area contributed by atoms with Gasteiger partial charge in [-0.2, -0.15) is 15.3 Å². The van der Waals surface area contributed by atoms with E-state index in [1.165, 1.54) is 13.3 Å². The first-order chi connectivity index (χ1) is 12.4. The molecule has 0 saturated carbocycles. The van der Waals surface area contributed by atoms with Crippen LogP contribution in [0.4, 0.5) is 0 Å². The first-order valence-corrected chi connectivity index (χ1v) is 8.30. The van der Waals surface area contributed by atoms with Gasteiger partial charge < -0.3 is 0 Å². The molecule has 0 radical (unpaired) electrons. The quantitative estimate of drug-likeness (QED) is 0.495. The van der Waals surface area contributed by atoms with Gasteiger partial charge in [-0.1, -0.05) is 23.7 Å². The maximum atomic E-state index is 12.3. The Kier molecular flexibility index (Phi) is 4.94. The number of azo groups is 1. The Morgan fingerprint density at radius 3 is 2.73 bits per heavy atom. The molecule has 0 fully saturated rings. The molecular formula is C17H16ClN5O3. The van der Waals surface area contributed by atoms with Crippen LogP contribution in [0.15, 0.2) is 50.9 Å². The normalized spacial score (nSPS) is 22.3. The van der Waals surface area contributed by atoms with Gasteiger partial charge in [-0.25, -0.2) is 5.43 Å². The van der Waals surface area contributed by atoms with Crippen molar-refractivity contribution in [1.29, 1.82) is 0 Å². The third-order valence-electron chi connectivity index (χ3n) is 4.21. The minimum atomic E-state index is -0.707. The van der Waals surface area contributed by atoms with Gasteiger partial charge in [0.15, 0.2) is 0 Å². The second kappa shape index (κ2) is 7.17. The fourth-order valence-electron chi connectivity index (χ4n) is 2.77. The number of carbonyl (C=O) groups excluding carboxylic acids is 3. The molecule has 0 spiro atoms. The van der Waals surface area contributed by atoms with Crippen LogP contribution in [0, 0.1) is 5.92 Å². The van der Waals surface area contributed by atoms with Crippen molar-refractivity contribution in [1.82, 2.24) is 10.3 Å². The third-order valence-corrected chi connectivity index (χ3v) is 4.46. The molecule has 0 saturated heterocycles. The number of amides is 3. The summed E-state index contributed by atoms with van der Waals surface area (Å²) >= 11 is 5.80. The molecule has 0 aliphatic carbocycles. The molecule has 2 unspecified atom stereocenters. The second-order valence-electron chi connectivity index (χ2n) is 6.00. The number of benzene rings is 1. The number of nitrogens with zero attached hydrogens (tertiary/aromatic N) is 4. The summed E-state index contributed by atoms with van der Waals surface area (Å²) in [4.78, 5) is 37.4. The summed E-state index contributed by atoms with van der Waals surface area (Å²) < 4.78 is 0. The van der Waals surface area contributed by atoms with E-state index < -0.39 is 23.8 Å². The molecule has 134 valence electrons. The Morgan fingerprint density at radius 1 is 1.35 bits per heavy atom. The highest BCUT2D eigenvalue weighted by Crippen LogP contribution is 2.35. The molecule has 2 heterocycles. The number of carbonyl (C=O) groups is 3. The van der Waals surface area contributed by atoms with Crippen molar-refractivity contribution in [2.45, 2.75) is 19.4 Å². The van der Waals surface area contributed by atoms with Crippen molar-refractivity contribution >= 4 is 35.5 Å². The van der Waals surface area contributed by atoms with Crippen molar-refractivity contribution in [3.63, 3.8) is 0 Å². The average molecular weight is 374 g/mol. The van der Waals surface area contributed by atoms with E-state index in [-0.39, 0.29) is 12.3 Å². The van der Waals surface area contributed by atoms with Gasteiger partial charge in [0.1, 0.15) is 6.04 Å². The van der Waals surface area contributed by atoms with Gasteiger partial charge in [0.05, 0.1) is 29.8 Å². The molecule has 0 aromatic heterocycles. The van der Waals surface area contributed by atoms with E-state index in [0.717, 1.165) is 10.5 Å². The van der Waals surface area contributed by atoms with Gasteiger partial charge in [-0.3, -0.25) is 19.3 Å². The third kappa shape index (κ3) is 3.41. The molecule has 1 N–H and O–H groups in total. The molecule has 2 aliphatic heterocycles. The lowest BCUT2D eigenvalue weighted by molar-refractivity contribution is -0.144. The van der Waals surface area contributed by atoms with Crippen LogP contribution in [-0.4, -0.2) is 41.9 Å². The molecule has 2 aliphatic rings. The Morgan fingerprint density at radius 2 is 2.04 bits per heavy atom. The SMILES string of the molecule is CC1C(=O)N(C)C(=O)C2=C1N=NC2CC(=O)N/N=C/c1ccc(Cl)cc1. The highest BCUT2D eigenvalue weighted by Gasteiger charge is 2.43. The topological polar surface area (TPSA) is 104 Å². The van der Waals surface area contributed by atoms with E-state index in [4.69, 9.17) is 11.6 Å². The van der Waals surface area contributed by atoms with E-state index in [1.807, 2.05) is 0 Å². The zero-order chi connectivity index (χ0) is 18.8. The predicted molar refractivity (Wildman–Crippen MR) is 94.4 cm³/mol. The number of imide groups is 1. The summed E-state index contributed by atoms with van der Waals surface area (Å²) in [6, 6.07) is 6.24. The van der Waals surface area contributed by atoms with Crippen molar-refractivity contribution in [2.75, 3.05) is 7.05 Å². The summed E-state index contributed by atoms with van der Waals surface area (Å²) in [5.74, 6) is -1.75. The highest BCUT2D eigenvalue weighted by atomic mass is 35.5. The smallest absolute Gasteiger partial charge is 0.260 e. The number of hydrazone groups is 1. The van der Waals surface area contributed by atoms with Crippen molar-refractivity contribution in [3.05, 3.63) is 46.1 Å².